The normalized spacial score (nSPS) is 11.6. The molecule has 0 fully saturated rings. The minimum Gasteiger partial charge on any atom is -0.474 e. The number of hydrogen-bond acceptors (Lipinski definition) is 4. The third kappa shape index (κ3) is 4.06. The van der Waals surface area contributed by atoms with Gasteiger partial charge in [-0.2, -0.15) is 18.2 Å². The lowest BCUT2D eigenvalue weighted by atomic mass is 10.3. The van der Waals surface area contributed by atoms with Crippen LogP contribution in [-0.4, -0.2) is 16.1 Å². The second-order valence-corrected chi connectivity index (χ2v) is 4.71. The van der Waals surface area contributed by atoms with E-state index in [0.29, 0.717) is 11.9 Å². The van der Waals surface area contributed by atoms with Gasteiger partial charge in [-0.05, 0) is 38.1 Å². The van der Waals surface area contributed by atoms with E-state index in [9.17, 15) is 17.6 Å². The third-order valence-corrected chi connectivity index (χ3v) is 2.51. The molecule has 2 aromatic rings. The van der Waals surface area contributed by atoms with Gasteiger partial charge in [-0.15, -0.1) is 0 Å². The summed E-state index contributed by atoms with van der Waals surface area (Å²) in [5, 5.41) is 2.69. The van der Waals surface area contributed by atoms with Crippen LogP contribution in [0.1, 0.15) is 19.4 Å². The Bertz CT molecular complexity index is 642. The minimum atomic E-state index is -4.61. The summed E-state index contributed by atoms with van der Waals surface area (Å²) in [6.07, 6.45) is -4.44. The monoisotopic (exact) mass is 315 g/mol. The molecule has 0 radical (unpaired) electrons. The molecule has 8 heteroatoms. The number of rotatable bonds is 4. The van der Waals surface area contributed by atoms with Crippen LogP contribution in [0.4, 0.5) is 29.2 Å². The van der Waals surface area contributed by atoms with Crippen molar-refractivity contribution < 1.29 is 22.3 Å². The van der Waals surface area contributed by atoms with E-state index >= 15 is 0 Å². The molecule has 0 saturated heterocycles. The number of ether oxygens (including phenoxy) is 1. The topological polar surface area (TPSA) is 47.0 Å². The zero-order valence-electron chi connectivity index (χ0n) is 11.8. The van der Waals surface area contributed by atoms with Crippen LogP contribution in [0.25, 0.3) is 0 Å². The molecule has 1 aromatic heterocycles. The Hall–Kier alpha value is -2.38. The summed E-state index contributed by atoms with van der Waals surface area (Å²) in [7, 11) is 0. The number of hydrogen-bond donors (Lipinski definition) is 1. The van der Waals surface area contributed by atoms with Crippen molar-refractivity contribution in [3.63, 3.8) is 0 Å². The molecular formula is C14H13F4N3O. The third-order valence-electron chi connectivity index (χ3n) is 2.51. The summed E-state index contributed by atoms with van der Waals surface area (Å²) in [6, 6.07) is 5.24. The van der Waals surface area contributed by atoms with Crippen molar-refractivity contribution in [1.82, 2.24) is 9.97 Å². The molecule has 0 bridgehead atoms. The van der Waals surface area contributed by atoms with Crippen LogP contribution in [0.5, 0.6) is 5.88 Å². The van der Waals surface area contributed by atoms with Crippen molar-refractivity contribution in [2.45, 2.75) is 26.1 Å². The SMILES string of the molecule is CC(C)Oc1nc(Nc2ccc(F)cc2)ncc1C(F)(F)F. The maximum atomic E-state index is 12.9. The van der Waals surface area contributed by atoms with E-state index in [-0.39, 0.29) is 5.95 Å². The van der Waals surface area contributed by atoms with E-state index < -0.39 is 29.5 Å². The highest BCUT2D eigenvalue weighted by molar-refractivity contribution is 5.53. The molecular weight excluding hydrogens is 302 g/mol. The zero-order chi connectivity index (χ0) is 16.3. The number of anilines is 2. The Labute approximate surface area is 124 Å². The summed E-state index contributed by atoms with van der Waals surface area (Å²) >= 11 is 0. The fraction of sp³-hybridized carbons (Fsp3) is 0.286. The fourth-order valence-corrected chi connectivity index (χ4v) is 1.60. The number of nitrogens with one attached hydrogen (secondary N) is 1. The lowest BCUT2D eigenvalue weighted by Crippen LogP contribution is -2.15. The summed E-state index contributed by atoms with van der Waals surface area (Å²) in [5.41, 5.74) is -0.609. The Kier molecular flexibility index (Phi) is 4.48. The number of aromatic nitrogens is 2. The molecule has 4 nitrogen and oxygen atoms in total. The van der Waals surface area contributed by atoms with Gasteiger partial charge in [0.25, 0.3) is 0 Å². The van der Waals surface area contributed by atoms with Crippen molar-refractivity contribution in [3.8, 4) is 5.88 Å². The van der Waals surface area contributed by atoms with Gasteiger partial charge in [-0.3, -0.25) is 0 Å². The van der Waals surface area contributed by atoms with E-state index in [1.54, 1.807) is 13.8 Å². The van der Waals surface area contributed by atoms with E-state index in [1.807, 2.05) is 0 Å². The second-order valence-electron chi connectivity index (χ2n) is 4.71. The Morgan fingerprint density at radius 1 is 1.14 bits per heavy atom. The van der Waals surface area contributed by atoms with Crippen LogP contribution in [0.3, 0.4) is 0 Å². The average Bonchev–Trinajstić information content (AvgIpc) is 2.39. The molecule has 0 unspecified atom stereocenters. The Balaban J connectivity index is 2.31. The summed E-state index contributed by atoms with van der Waals surface area (Å²) < 4.78 is 56.6. The van der Waals surface area contributed by atoms with Crippen molar-refractivity contribution in [2.24, 2.45) is 0 Å². The maximum absolute atomic E-state index is 12.9. The molecule has 118 valence electrons. The largest absolute Gasteiger partial charge is 0.474 e. The summed E-state index contributed by atoms with van der Waals surface area (Å²) in [6.45, 7) is 3.19. The van der Waals surface area contributed by atoms with Gasteiger partial charge in [0.15, 0.2) is 0 Å². The van der Waals surface area contributed by atoms with Crippen molar-refractivity contribution in [1.29, 1.82) is 0 Å². The number of benzene rings is 1. The maximum Gasteiger partial charge on any atom is 0.423 e. The highest BCUT2D eigenvalue weighted by atomic mass is 19.4. The van der Waals surface area contributed by atoms with E-state index in [1.165, 1.54) is 24.3 Å². The first-order valence-electron chi connectivity index (χ1n) is 6.39. The quantitative estimate of drug-likeness (QED) is 0.860. The van der Waals surface area contributed by atoms with Crippen molar-refractivity contribution in [2.75, 3.05) is 5.32 Å². The molecule has 0 atom stereocenters. The first-order valence-corrected chi connectivity index (χ1v) is 6.39. The van der Waals surface area contributed by atoms with Crippen LogP contribution >= 0.6 is 0 Å². The molecule has 0 aliphatic heterocycles. The van der Waals surface area contributed by atoms with Gasteiger partial charge in [0, 0.05) is 11.9 Å². The summed E-state index contributed by atoms with van der Waals surface area (Å²) in [5.74, 6) is -1.06. The Morgan fingerprint density at radius 3 is 2.32 bits per heavy atom. The molecule has 1 aromatic carbocycles. The zero-order valence-corrected chi connectivity index (χ0v) is 11.8. The standard InChI is InChI=1S/C14H13F4N3O/c1-8(2)22-12-11(14(16,17)18)7-19-13(21-12)20-10-5-3-9(15)4-6-10/h3-8H,1-2H3,(H,19,20,21). The van der Waals surface area contributed by atoms with Crippen molar-refractivity contribution in [3.05, 3.63) is 41.8 Å². The number of nitrogens with zero attached hydrogens (tertiary/aromatic N) is 2. The van der Waals surface area contributed by atoms with Crippen molar-refractivity contribution >= 4 is 11.6 Å². The van der Waals surface area contributed by atoms with Gasteiger partial charge >= 0.3 is 6.18 Å². The molecule has 0 amide bonds. The lowest BCUT2D eigenvalue weighted by Gasteiger charge is -2.15. The van der Waals surface area contributed by atoms with Crippen LogP contribution < -0.4 is 10.1 Å². The summed E-state index contributed by atoms with van der Waals surface area (Å²) in [4.78, 5) is 7.35. The second kappa shape index (κ2) is 6.17. The van der Waals surface area contributed by atoms with Gasteiger partial charge < -0.3 is 10.1 Å². The predicted octanol–water partition coefficient (Wildman–Crippen LogP) is 4.17. The molecule has 2 rings (SSSR count). The van der Waals surface area contributed by atoms with Crippen LogP contribution in [0.15, 0.2) is 30.5 Å². The van der Waals surface area contributed by atoms with Gasteiger partial charge in [-0.1, -0.05) is 0 Å². The molecule has 0 spiro atoms. The fourth-order valence-electron chi connectivity index (χ4n) is 1.60. The molecule has 0 aliphatic carbocycles. The minimum absolute atomic E-state index is 0.0738. The first kappa shape index (κ1) is 16.0. The first-order chi connectivity index (χ1) is 10.3. The highest BCUT2D eigenvalue weighted by Crippen LogP contribution is 2.35. The predicted molar refractivity (Wildman–Crippen MR) is 72.5 cm³/mol. The van der Waals surface area contributed by atoms with Crippen LogP contribution in [-0.2, 0) is 6.18 Å². The average molecular weight is 315 g/mol. The highest BCUT2D eigenvalue weighted by Gasteiger charge is 2.36. The molecule has 0 aliphatic rings. The van der Waals surface area contributed by atoms with Gasteiger partial charge in [0.1, 0.15) is 11.4 Å². The van der Waals surface area contributed by atoms with Crippen LogP contribution in [0.2, 0.25) is 0 Å². The smallest absolute Gasteiger partial charge is 0.423 e. The Morgan fingerprint density at radius 2 is 1.77 bits per heavy atom. The molecule has 0 saturated carbocycles. The number of halogens is 4. The van der Waals surface area contributed by atoms with E-state index in [0.717, 1.165) is 0 Å². The van der Waals surface area contributed by atoms with Gasteiger partial charge in [0.2, 0.25) is 11.8 Å². The van der Waals surface area contributed by atoms with E-state index in [2.05, 4.69) is 15.3 Å². The van der Waals surface area contributed by atoms with Gasteiger partial charge in [-0.25, -0.2) is 9.37 Å². The van der Waals surface area contributed by atoms with Crippen LogP contribution in [0, 0.1) is 5.82 Å². The lowest BCUT2D eigenvalue weighted by molar-refractivity contribution is -0.139. The molecule has 1 N–H and O–H groups in total. The molecule has 22 heavy (non-hydrogen) atoms. The van der Waals surface area contributed by atoms with E-state index in [4.69, 9.17) is 4.74 Å². The molecule has 1 heterocycles. The van der Waals surface area contributed by atoms with Gasteiger partial charge in [0.05, 0.1) is 6.10 Å². The number of alkyl halides is 3.